The number of hydrogen-bond acceptors (Lipinski definition) is 2. The molecule has 0 radical (unpaired) electrons. The monoisotopic (exact) mass is 382 g/mol. The number of ketones is 1. The summed E-state index contributed by atoms with van der Waals surface area (Å²) in [7, 11) is 0. The molecule has 1 N–H and O–H groups in total. The van der Waals surface area contributed by atoms with Crippen LogP contribution in [0.4, 0.5) is 0 Å². The van der Waals surface area contributed by atoms with Crippen LogP contribution >= 0.6 is 0 Å². The topological polar surface area (TPSA) is 37.3 Å². The van der Waals surface area contributed by atoms with E-state index in [9.17, 15) is 9.90 Å². The molecule has 3 rings (SSSR count). The summed E-state index contributed by atoms with van der Waals surface area (Å²) in [6.07, 6.45) is 19.3. The fourth-order valence-corrected chi connectivity index (χ4v) is 5.44. The second-order valence-corrected chi connectivity index (χ2v) is 9.87. The third-order valence-electron chi connectivity index (χ3n) is 7.37. The minimum atomic E-state index is -1.20. The van der Waals surface area contributed by atoms with E-state index in [1.165, 1.54) is 49.7 Å². The van der Waals surface area contributed by atoms with E-state index in [4.69, 9.17) is 0 Å². The first-order valence-electron chi connectivity index (χ1n) is 11.2. The highest BCUT2D eigenvalue weighted by Gasteiger charge is 2.44. The molecule has 2 fully saturated rings. The molecule has 0 saturated heterocycles. The normalized spacial score (nSPS) is 31.2. The Morgan fingerprint density at radius 1 is 1.25 bits per heavy atom. The van der Waals surface area contributed by atoms with Crippen LogP contribution in [0.25, 0.3) is 0 Å². The van der Waals surface area contributed by atoms with Gasteiger partial charge in [-0.3, -0.25) is 4.79 Å². The van der Waals surface area contributed by atoms with Gasteiger partial charge in [-0.1, -0.05) is 48.5 Å². The Morgan fingerprint density at radius 3 is 2.71 bits per heavy atom. The molecule has 3 aliphatic rings. The van der Waals surface area contributed by atoms with Crippen molar-refractivity contribution in [3.63, 3.8) is 0 Å². The van der Waals surface area contributed by atoms with Gasteiger partial charge in [-0.25, -0.2) is 0 Å². The lowest BCUT2D eigenvalue weighted by Crippen LogP contribution is -2.32. The summed E-state index contributed by atoms with van der Waals surface area (Å²) in [6.45, 7) is 9.89. The summed E-state index contributed by atoms with van der Waals surface area (Å²) >= 11 is 0. The van der Waals surface area contributed by atoms with Crippen LogP contribution in [-0.2, 0) is 4.79 Å². The van der Waals surface area contributed by atoms with Crippen LogP contribution in [0.5, 0.6) is 0 Å². The SMILES string of the molecule is C=C1CCCC/C1=C/C=C1\CCCC2(C)C(CCCC(=O)C(C)(C)O)=CCC12. The molecular weight excluding hydrogens is 344 g/mol. The number of fused-ring (bicyclic) bond motifs is 1. The van der Waals surface area contributed by atoms with Crippen molar-refractivity contribution in [2.75, 3.05) is 0 Å². The maximum atomic E-state index is 12.0. The molecule has 2 saturated carbocycles. The van der Waals surface area contributed by atoms with Crippen molar-refractivity contribution < 1.29 is 9.90 Å². The van der Waals surface area contributed by atoms with E-state index in [1.807, 2.05) is 0 Å². The van der Waals surface area contributed by atoms with Crippen LogP contribution in [0.2, 0.25) is 0 Å². The summed E-state index contributed by atoms with van der Waals surface area (Å²) in [5.41, 5.74) is 5.00. The molecule has 28 heavy (non-hydrogen) atoms. The van der Waals surface area contributed by atoms with Crippen molar-refractivity contribution in [2.45, 2.75) is 97.0 Å². The first-order chi connectivity index (χ1) is 13.2. The molecule has 3 aliphatic carbocycles. The summed E-state index contributed by atoms with van der Waals surface area (Å²) in [5, 5.41) is 9.85. The summed E-state index contributed by atoms with van der Waals surface area (Å²) < 4.78 is 0. The number of Topliss-reactive ketones (excluding diaryl/α,β-unsaturated/α-hetero) is 1. The lowest BCUT2D eigenvalue weighted by atomic mass is 9.63. The molecule has 0 amide bonds. The zero-order valence-corrected chi connectivity index (χ0v) is 18.2. The van der Waals surface area contributed by atoms with Crippen LogP contribution < -0.4 is 0 Å². The van der Waals surface area contributed by atoms with Gasteiger partial charge in [0.1, 0.15) is 5.60 Å². The number of aliphatic hydroxyl groups is 1. The average molecular weight is 383 g/mol. The molecule has 2 heteroatoms. The smallest absolute Gasteiger partial charge is 0.163 e. The molecule has 0 aromatic carbocycles. The molecule has 2 atom stereocenters. The molecule has 154 valence electrons. The quantitative estimate of drug-likeness (QED) is 0.524. The van der Waals surface area contributed by atoms with Crippen LogP contribution in [0, 0.1) is 11.3 Å². The molecule has 0 spiro atoms. The first-order valence-corrected chi connectivity index (χ1v) is 11.2. The minimum Gasteiger partial charge on any atom is -0.383 e. The minimum absolute atomic E-state index is 0.0450. The van der Waals surface area contributed by atoms with Gasteiger partial charge in [0.15, 0.2) is 5.78 Å². The maximum absolute atomic E-state index is 12.0. The first kappa shape index (κ1) is 21.3. The Bertz CT molecular complexity index is 713. The van der Waals surface area contributed by atoms with E-state index >= 15 is 0 Å². The second kappa shape index (κ2) is 8.53. The van der Waals surface area contributed by atoms with Crippen molar-refractivity contribution in [1.29, 1.82) is 0 Å². The highest BCUT2D eigenvalue weighted by atomic mass is 16.3. The van der Waals surface area contributed by atoms with Gasteiger partial charge in [0.05, 0.1) is 0 Å². The van der Waals surface area contributed by atoms with E-state index in [0.29, 0.717) is 12.3 Å². The third kappa shape index (κ3) is 4.59. The fraction of sp³-hybridized carbons (Fsp3) is 0.654. The van der Waals surface area contributed by atoms with Gasteiger partial charge in [-0.05, 0) is 95.0 Å². The van der Waals surface area contributed by atoms with Crippen LogP contribution in [0.3, 0.4) is 0 Å². The lowest BCUT2D eigenvalue weighted by Gasteiger charge is -2.41. The Labute approximate surface area is 171 Å². The number of rotatable bonds is 6. The van der Waals surface area contributed by atoms with E-state index in [0.717, 1.165) is 25.7 Å². The van der Waals surface area contributed by atoms with Crippen LogP contribution in [-0.4, -0.2) is 16.5 Å². The van der Waals surface area contributed by atoms with Crippen molar-refractivity contribution >= 4 is 5.78 Å². The highest BCUT2D eigenvalue weighted by molar-refractivity contribution is 5.86. The summed E-state index contributed by atoms with van der Waals surface area (Å²) in [5.74, 6) is 0.575. The molecular formula is C26H38O2. The van der Waals surface area contributed by atoms with Gasteiger partial charge in [0.2, 0.25) is 0 Å². The fourth-order valence-electron chi connectivity index (χ4n) is 5.44. The largest absolute Gasteiger partial charge is 0.383 e. The summed E-state index contributed by atoms with van der Waals surface area (Å²) in [4.78, 5) is 12.0. The predicted molar refractivity (Wildman–Crippen MR) is 117 cm³/mol. The molecule has 2 unspecified atom stereocenters. The van der Waals surface area contributed by atoms with E-state index < -0.39 is 5.60 Å². The zero-order chi connectivity index (χ0) is 20.4. The zero-order valence-electron chi connectivity index (χ0n) is 18.2. The van der Waals surface area contributed by atoms with Gasteiger partial charge >= 0.3 is 0 Å². The van der Waals surface area contributed by atoms with Gasteiger partial charge < -0.3 is 5.11 Å². The summed E-state index contributed by atoms with van der Waals surface area (Å²) in [6, 6.07) is 0. The van der Waals surface area contributed by atoms with Gasteiger partial charge in [-0.15, -0.1) is 0 Å². The standard InChI is InChI=1S/C26H38O2/c1-19-9-5-6-10-20(19)14-15-21-11-8-18-26(4)22(16-17-23(21)26)12-7-13-24(27)25(2,3)28/h14-16,23,28H,1,5-13,17-18H2,2-4H3/b20-14-,21-15+. The second-order valence-electron chi connectivity index (χ2n) is 9.87. The van der Waals surface area contributed by atoms with Crippen LogP contribution in [0.1, 0.15) is 91.4 Å². The van der Waals surface area contributed by atoms with E-state index in [1.54, 1.807) is 25.0 Å². The Balaban J connectivity index is 1.65. The van der Waals surface area contributed by atoms with Crippen molar-refractivity contribution in [1.82, 2.24) is 0 Å². The van der Waals surface area contributed by atoms with Crippen molar-refractivity contribution in [3.8, 4) is 0 Å². The van der Waals surface area contributed by atoms with E-state index in [2.05, 4.69) is 31.7 Å². The van der Waals surface area contributed by atoms with Gasteiger partial charge in [-0.2, -0.15) is 0 Å². The molecule has 0 aromatic rings. The number of carbonyl (C=O) groups is 1. The lowest BCUT2D eigenvalue weighted by molar-refractivity contribution is -0.134. The van der Waals surface area contributed by atoms with E-state index in [-0.39, 0.29) is 11.2 Å². The molecule has 0 aliphatic heterocycles. The average Bonchev–Trinajstić information content (AvgIpc) is 2.97. The number of allylic oxidation sites excluding steroid dienone is 7. The highest BCUT2D eigenvalue weighted by Crippen LogP contribution is 2.55. The van der Waals surface area contributed by atoms with Gasteiger partial charge in [0, 0.05) is 6.42 Å². The predicted octanol–water partition coefficient (Wildman–Crippen LogP) is 6.62. The van der Waals surface area contributed by atoms with Crippen molar-refractivity contribution in [2.24, 2.45) is 11.3 Å². The van der Waals surface area contributed by atoms with Crippen LogP contribution in [0.15, 0.2) is 47.1 Å². The Morgan fingerprint density at radius 2 is 2.00 bits per heavy atom. The maximum Gasteiger partial charge on any atom is 0.163 e. The Hall–Kier alpha value is -1.41. The molecule has 0 aromatic heterocycles. The number of carbonyl (C=O) groups excluding carboxylic acids is 1. The molecule has 0 heterocycles. The number of hydrogen-bond donors (Lipinski definition) is 1. The third-order valence-corrected chi connectivity index (χ3v) is 7.37. The molecule has 2 nitrogen and oxygen atoms in total. The molecule has 0 bridgehead atoms. The Kier molecular flexibility index (Phi) is 6.49. The van der Waals surface area contributed by atoms with Gasteiger partial charge in [0.25, 0.3) is 0 Å². The van der Waals surface area contributed by atoms with Crippen molar-refractivity contribution in [3.05, 3.63) is 47.1 Å².